The molecule has 4 rings (SSSR count). The van der Waals surface area contributed by atoms with Crippen LogP contribution in [0.15, 0.2) is 18.2 Å². The summed E-state index contributed by atoms with van der Waals surface area (Å²) in [6.07, 6.45) is 8.06. The molecule has 1 aliphatic carbocycles. The molecule has 1 aromatic carbocycles. The molecule has 0 spiro atoms. The maximum absolute atomic E-state index is 12.8. The number of hydrogen-bond acceptors (Lipinski definition) is 4. The van der Waals surface area contributed by atoms with E-state index >= 15 is 0 Å². The summed E-state index contributed by atoms with van der Waals surface area (Å²) in [5.74, 6) is 0.576. The number of anilines is 1. The second-order valence-corrected chi connectivity index (χ2v) is 8.55. The average molecular weight is 398 g/mol. The van der Waals surface area contributed by atoms with Crippen molar-refractivity contribution in [2.45, 2.75) is 57.9 Å². The van der Waals surface area contributed by atoms with Gasteiger partial charge in [0, 0.05) is 18.3 Å². The van der Waals surface area contributed by atoms with Crippen molar-refractivity contribution in [3.05, 3.63) is 24.0 Å². The minimum Gasteiger partial charge on any atom is -0.369 e. The van der Waals surface area contributed by atoms with E-state index in [2.05, 4.69) is 22.9 Å². The molecule has 1 saturated heterocycles. The maximum Gasteiger partial charge on any atom is 0.231 e. The number of carbonyl (C=O) groups excluding carboxylic acids is 2. The summed E-state index contributed by atoms with van der Waals surface area (Å²) in [4.78, 5) is 30.7. The third kappa shape index (κ3) is 4.45. The molecule has 7 heteroatoms. The highest BCUT2D eigenvalue weighted by Gasteiger charge is 2.27. The van der Waals surface area contributed by atoms with E-state index in [-0.39, 0.29) is 24.3 Å². The molecule has 1 aliphatic heterocycles. The van der Waals surface area contributed by atoms with Gasteiger partial charge >= 0.3 is 0 Å². The first-order valence-corrected chi connectivity index (χ1v) is 10.8. The van der Waals surface area contributed by atoms with Crippen LogP contribution in [0.4, 0.5) is 5.69 Å². The summed E-state index contributed by atoms with van der Waals surface area (Å²) in [6.45, 7) is 3.68. The van der Waals surface area contributed by atoms with Crippen LogP contribution in [-0.2, 0) is 9.59 Å². The predicted octanol–water partition coefficient (Wildman–Crippen LogP) is 2.99. The van der Waals surface area contributed by atoms with E-state index in [1.807, 2.05) is 17.0 Å². The van der Waals surface area contributed by atoms with Gasteiger partial charge in [0.05, 0.1) is 23.5 Å². The SMILES string of the molecule is Cc1nc2cc(NC(=O)[C@H]3CCCN(CC(N)=O)C3)ccc2n1C1CCCCC1. The Balaban J connectivity index is 1.47. The Morgan fingerprint density at radius 3 is 2.72 bits per heavy atom. The van der Waals surface area contributed by atoms with Crippen LogP contribution in [-0.4, -0.2) is 45.9 Å². The van der Waals surface area contributed by atoms with Crippen LogP contribution < -0.4 is 11.1 Å². The van der Waals surface area contributed by atoms with E-state index in [4.69, 9.17) is 10.7 Å². The van der Waals surface area contributed by atoms with E-state index in [0.29, 0.717) is 12.6 Å². The molecule has 1 aromatic heterocycles. The van der Waals surface area contributed by atoms with Crippen LogP contribution in [0.2, 0.25) is 0 Å². The van der Waals surface area contributed by atoms with Gasteiger partial charge in [-0.25, -0.2) is 4.98 Å². The fraction of sp³-hybridized carbons (Fsp3) is 0.591. The zero-order chi connectivity index (χ0) is 20.4. The number of likely N-dealkylation sites (tertiary alicyclic amines) is 1. The van der Waals surface area contributed by atoms with Gasteiger partial charge in [0.25, 0.3) is 0 Å². The molecule has 2 heterocycles. The standard InChI is InChI=1S/C22H31N5O2/c1-15-24-19-12-17(9-10-20(19)27(15)18-7-3-2-4-8-18)25-22(29)16-6-5-11-26(13-16)14-21(23)28/h9-10,12,16,18H,2-8,11,13-14H2,1H3,(H2,23,28)(H,25,29)/t16-/m0/s1. The Morgan fingerprint density at radius 2 is 1.97 bits per heavy atom. The number of aryl methyl sites for hydroxylation is 1. The number of benzene rings is 1. The van der Waals surface area contributed by atoms with Crippen LogP contribution >= 0.6 is 0 Å². The van der Waals surface area contributed by atoms with Crippen LogP contribution in [0.5, 0.6) is 0 Å². The van der Waals surface area contributed by atoms with Crippen LogP contribution in [0.25, 0.3) is 11.0 Å². The lowest BCUT2D eigenvalue weighted by Crippen LogP contribution is -2.44. The number of fused-ring (bicyclic) bond motifs is 1. The first kappa shape index (κ1) is 19.9. The van der Waals surface area contributed by atoms with Crippen molar-refractivity contribution in [1.29, 1.82) is 0 Å². The van der Waals surface area contributed by atoms with E-state index in [9.17, 15) is 9.59 Å². The van der Waals surface area contributed by atoms with Gasteiger partial charge in [0.1, 0.15) is 5.82 Å². The summed E-state index contributed by atoms with van der Waals surface area (Å²) in [5, 5.41) is 3.05. The summed E-state index contributed by atoms with van der Waals surface area (Å²) in [7, 11) is 0. The molecule has 1 atom stereocenters. The second kappa shape index (κ2) is 8.53. The molecule has 2 amide bonds. The molecule has 29 heavy (non-hydrogen) atoms. The van der Waals surface area contributed by atoms with Gasteiger partial charge in [-0.2, -0.15) is 0 Å². The Labute approximate surface area is 171 Å². The van der Waals surface area contributed by atoms with Crippen molar-refractivity contribution in [2.75, 3.05) is 25.0 Å². The van der Waals surface area contributed by atoms with Crippen molar-refractivity contribution in [3.63, 3.8) is 0 Å². The minimum atomic E-state index is -0.347. The Bertz CT molecular complexity index is 900. The van der Waals surface area contributed by atoms with Gasteiger partial charge in [0.15, 0.2) is 0 Å². The Kier molecular flexibility index (Phi) is 5.85. The topological polar surface area (TPSA) is 93.2 Å². The van der Waals surface area contributed by atoms with Gasteiger partial charge in [-0.05, 0) is 57.4 Å². The number of primary amides is 1. The third-order valence-electron chi connectivity index (χ3n) is 6.33. The second-order valence-electron chi connectivity index (χ2n) is 8.55. The van der Waals surface area contributed by atoms with Crippen molar-refractivity contribution >= 4 is 28.5 Å². The summed E-state index contributed by atoms with van der Waals surface area (Å²) < 4.78 is 2.38. The molecule has 3 N–H and O–H groups in total. The van der Waals surface area contributed by atoms with E-state index in [0.717, 1.165) is 41.9 Å². The summed E-state index contributed by atoms with van der Waals surface area (Å²) in [5.41, 5.74) is 8.17. The van der Waals surface area contributed by atoms with Gasteiger partial charge in [-0.1, -0.05) is 19.3 Å². The highest BCUT2D eigenvalue weighted by atomic mass is 16.2. The molecule has 0 radical (unpaired) electrons. The van der Waals surface area contributed by atoms with E-state index in [1.165, 1.54) is 32.1 Å². The molecule has 156 valence electrons. The largest absolute Gasteiger partial charge is 0.369 e. The molecule has 7 nitrogen and oxygen atoms in total. The van der Waals surface area contributed by atoms with Crippen LogP contribution in [0.1, 0.15) is 56.8 Å². The molecule has 2 aromatic rings. The number of piperidine rings is 1. The molecule has 0 unspecified atom stereocenters. The Morgan fingerprint density at radius 1 is 1.17 bits per heavy atom. The quantitative estimate of drug-likeness (QED) is 0.811. The average Bonchev–Trinajstić information content (AvgIpc) is 3.03. The number of nitrogens with zero attached hydrogens (tertiary/aromatic N) is 3. The van der Waals surface area contributed by atoms with Gasteiger partial charge in [-0.15, -0.1) is 0 Å². The molecule has 1 saturated carbocycles. The molecule has 2 aliphatic rings. The van der Waals surface area contributed by atoms with Crippen molar-refractivity contribution in [3.8, 4) is 0 Å². The number of imidazole rings is 1. The fourth-order valence-corrected chi connectivity index (χ4v) is 4.97. The van der Waals surface area contributed by atoms with Crippen molar-refractivity contribution in [1.82, 2.24) is 14.5 Å². The maximum atomic E-state index is 12.8. The van der Waals surface area contributed by atoms with Gasteiger partial charge < -0.3 is 15.6 Å². The molecule has 0 bridgehead atoms. The highest BCUT2D eigenvalue weighted by Crippen LogP contribution is 2.33. The van der Waals surface area contributed by atoms with E-state index < -0.39 is 0 Å². The number of carbonyl (C=O) groups is 2. The lowest BCUT2D eigenvalue weighted by molar-refractivity contribution is -0.124. The lowest BCUT2D eigenvalue weighted by Gasteiger charge is -2.31. The first-order valence-electron chi connectivity index (χ1n) is 10.8. The number of nitrogens with two attached hydrogens (primary N) is 1. The van der Waals surface area contributed by atoms with Crippen molar-refractivity contribution < 1.29 is 9.59 Å². The third-order valence-corrected chi connectivity index (χ3v) is 6.33. The predicted molar refractivity (Wildman–Crippen MR) is 114 cm³/mol. The fourth-order valence-electron chi connectivity index (χ4n) is 4.97. The van der Waals surface area contributed by atoms with Gasteiger partial charge in [-0.3, -0.25) is 14.5 Å². The first-order chi connectivity index (χ1) is 14.0. The summed E-state index contributed by atoms with van der Waals surface area (Å²) >= 11 is 0. The number of amides is 2. The number of aromatic nitrogens is 2. The van der Waals surface area contributed by atoms with E-state index in [1.54, 1.807) is 0 Å². The number of rotatable bonds is 5. The monoisotopic (exact) mass is 397 g/mol. The molecular formula is C22H31N5O2. The van der Waals surface area contributed by atoms with Gasteiger partial charge in [0.2, 0.25) is 11.8 Å². The smallest absolute Gasteiger partial charge is 0.231 e. The lowest BCUT2D eigenvalue weighted by atomic mass is 9.95. The zero-order valence-corrected chi connectivity index (χ0v) is 17.2. The zero-order valence-electron chi connectivity index (χ0n) is 17.2. The molecule has 2 fully saturated rings. The molecular weight excluding hydrogens is 366 g/mol. The minimum absolute atomic E-state index is 0.00181. The number of nitrogens with one attached hydrogen (secondary N) is 1. The normalized spacial score (nSPS) is 21.3. The highest BCUT2D eigenvalue weighted by molar-refractivity contribution is 5.94. The van der Waals surface area contributed by atoms with Crippen LogP contribution in [0.3, 0.4) is 0 Å². The summed E-state index contributed by atoms with van der Waals surface area (Å²) in [6, 6.07) is 6.57. The van der Waals surface area contributed by atoms with Crippen molar-refractivity contribution in [2.24, 2.45) is 11.7 Å². The Hall–Kier alpha value is -2.41. The van der Waals surface area contributed by atoms with Crippen LogP contribution in [0, 0.1) is 12.8 Å². The number of hydrogen-bond donors (Lipinski definition) is 2.